The Morgan fingerprint density at radius 2 is 1.95 bits per heavy atom. The van der Waals surface area contributed by atoms with Crippen LogP contribution in [-0.4, -0.2) is 23.6 Å². The van der Waals surface area contributed by atoms with Gasteiger partial charge in [-0.2, -0.15) is 0 Å². The third kappa shape index (κ3) is 3.44. The maximum absolute atomic E-state index is 16.2. The highest BCUT2D eigenvalue weighted by Crippen LogP contribution is 2.58. The summed E-state index contributed by atoms with van der Waals surface area (Å²) in [6.07, 6.45) is 1.52. The summed E-state index contributed by atoms with van der Waals surface area (Å²) in [6.45, 7) is 2.79. The molecule has 0 aromatic heterocycles. The lowest BCUT2D eigenvalue weighted by Crippen LogP contribution is -2.50. The van der Waals surface area contributed by atoms with Crippen LogP contribution in [0.5, 0.6) is 5.75 Å². The van der Waals surface area contributed by atoms with Crippen molar-refractivity contribution in [3.05, 3.63) is 86.9 Å². The summed E-state index contributed by atoms with van der Waals surface area (Å²) >= 11 is 6.59. The molecule has 37 heavy (non-hydrogen) atoms. The van der Waals surface area contributed by atoms with Crippen LogP contribution in [0.25, 0.3) is 11.1 Å². The monoisotopic (exact) mass is 524 g/mol. The van der Waals surface area contributed by atoms with Crippen LogP contribution in [0.2, 0.25) is 5.02 Å². The van der Waals surface area contributed by atoms with Gasteiger partial charge in [-0.25, -0.2) is 8.78 Å². The summed E-state index contributed by atoms with van der Waals surface area (Å²) in [5.41, 5.74) is 6.67. The Labute approximate surface area is 218 Å². The third-order valence-corrected chi connectivity index (χ3v) is 8.69. The number of hydrogen-bond acceptors (Lipinski definition) is 4. The topological polar surface area (TPSA) is 84.6 Å². The van der Waals surface area contributed by atoms with Gasteiger partial charge in [0.1, 0.15) is 17.4 Å². The van der Waals surface area contributed by atoms with E-state index in [1.165, 1.54) is 12.1 Å². The molecule has 0 bridgehead atoms. The summed E-state index contributed by atoms with van der Waals surface area (Å²) in [4.78, 5) is 12.6. The number of halogens is 3. The Bertz CT molecular complexity index is 1420. The quantitative estimate of drug-likeness (QED) is 0.420. The maximum Gasteiger partial charge on any atom is 0.249 e. The van der Waals surface area contributed by atoms with E-state index in [-0.39, 0.29) is 45.8 Å². The second kappa shape index (κ2) is 8.79. The van der Waals surface area contributed by atoms with E-state index in [4.69, 9.17) is 22.1 Å². The van der Waals surface area contributed by atoms with Gasteiger partial charge >= 0.3 is 0 Å². The van der Waals surface area contributed by atoms with Gasteiger partial charge in [-0.1, -0.05) is 48.9 Å². The van der Waals surface area contributed by atoms with Gasteiger partial charge in [-0.05, 0) is 55.0 Å². The molecule has 1 unspecified atom stereocenters. The van der Waals surface area contributed by atoms with Crippen molar-refractivity contribution in [3.8, 4) is 16.9 Å². The van der Waals surface area contributed by atoms with Crippen LogP contribution in [0, 0.1) is 11.6 Å². The Morgan fingerprint density at radius 3 is 2.62 bits per heavy atom. The zero-order valence-corrected chi connectivity index (χ0v) is 21.0. The first kappa shape index (κ1) is 24.3. The Morgan fingerprint density at radius 1 is 1.19 bits per heavy atom. The predicted octanol–water partition coefficient (Wildman–Crippen LogP) is 5.51. The molecule has 1 fully saturated rings. The zero-order valence-electron chi connectivity index (χ0n) is 20.3. The molecule has 0 saturated carbocycles. The molecule has 192 valence electrons. The van der Waals surface area contributed by atoms with Crippen molar-refractivity contribution < 1.29 is 23.4 Å². The fraction of sp³-hybridized carbons (Fsp3) is 0.345. The predicted molar refractivity (Wildman–Crippen MR) is 137 cm³/mol. The first-order valence-electron chi connectivity index (χ1n) is 12.6. The van der Waals surface area contributed by atoms with E-state index in [1.807, 2.05) is 37.3 Å². The number of amides is 1. The van der Waals surface area contributed by atoms with Crippen LogP contribution in [0.4, 0.5) is 8.78 Å². The number of aliphatic hydroxyl groups excluding tert-OH is 1. The number of primary amides is 1. The third-order valence-electron chi connectivity index (χ3n) is 8.32. The number of hydrogen-bond donors (Lipinski definition) is 3. The smallest absolute Gasteiger partial charge is 0.249 e. The largest absolute Gasteiger partial charge is 0.480 e. The van der Waals surface area contributed by atoms with E-state index >= 15 is 8.78 Å². The van der Waals surface area contributed by atoms with Crippen molar-refractivity contribution in [2.24, 2.45) is 5.73 Å². The number of aliphatic hydroxyl groups is 1. The summed E-state index contributed by atoms with van der Waals surface area (Å²) in [5, 5.41) is 13.6. The zero-order chi connectivity index (χ0) is 26.1. The lowest BCUT2D eigenvalue weighted by atomic mass is 9.73. The number of carbonyl (C=O) groups excluding carboxylic acids is 1. The van der Waals surface area contributed by atoms with Crippen LogP contribution in [0.3, 0.4) is 0 Å². The van der Waals surface area contributed by atoms with Crippen molar-refractivity contribution in [3.63, 3.8) is 0 Å². The molecule has 0 spiro atoms. The summed E-state index contributed by atoms with van der Waals surface area (Å²) in [5.74, 6) is -2.49. The summed E-state index contributed by atoms with van der Waals surface area (Å²) in [7, 11) is 0. The summed E-state index contributed by atoms with van der Waals surface area (Å²) < 4.78 is 38.3. The molecule has 2 heterocycles. The molecule has 6 rings (SSSR count). The normalized spacial score (nSPS) is 26.1. The van der Waals surface area contributed by atoms with E-state index in [0.717, 1.165) is 24.9 Å². The van der Waals surface area contributed by atoms with E-state index in [9.17, 15) is 9.90 Å². The number of nitrogens with two attached hydrogens (primary N) is 1. The minimum absolute atomic E-state index is 0.0791. The Balaban J connectivity index is 1.65. The van der Waals surface area contributed by atoms with Gasteiger partial charge in [0.2, 0.25) is 5.91 Å². The van der Waals surface area contributed by atoms with Gasteiger partial charge in [-0.15, -0.1) is 0 Å². The minimum atomic E-state index is -0.901. The highest BCUT2D eigenvalue weighted by atomic mass is 35.5. The molecule has 1 amide bonds. The fourth-order valence-electron chi connectivity index (χ4n) is 6.63. The van der Waals surface area contributed by atoms with Crippen LogP contribution < -0.4 is 15.8 Å². The number of benzene rings is 3. The molecule has 5 nitrogen and oxygen atoms in total. The first-order valence-corrected chi connectivity index (χ1v) is 13.0. The van der Waals surface area contributed by atoms with Gasteiger partial charge < -0.3 is 20.9 Å². The molecule has 8 heteroatoms. The number of nitrogens with one attached hydrogen (secondary N) is 1. The Hall–Kier alpha value is -3.00. The van der Waals surface area contributed by atoms with Gasteiger partial charge in [0.15, 0.2) is 5.60 Å². The van der Waals surface area contributed by atoms with Crippen molar-refractivity contribution in [1.82, 2.24) is 5.32 Å². The molecular formula is C29H27ClF2N2O3. The first-order chi connectivity index (χ1) is 17.8. The van der Waals surface area contributed by atoms with E-state index < -0.39 is 29.2 Å². The van der Waals surface area contributed by atoms with Crippen molar-refractivity contribution in [2.45, 2.75) is 56.3 Å². The second-order valence-electron chi connectivity index (χ2n) is 10.2. The van der Waals surface area contributed by atoms with Crippen molar-refractivity contribution >= 4 is 17.5 Å². The maximum atomic E-state index is 16.2. The average molecular weight is 525 g/mol. The lowest BCUT2D eigenvalue weighted by molar-refractivity contribution is 0.0333. The highest BCUT2D eigenvalue weighted by Gasteiger charge is 2.55. The standard InChI is InChI=1S/C29H27ClF2N2O3/c1-14-23-21(37-29(14,22-8-5-11-34-22)15-6-3-2-4-7-15)13-19(31)26(30)25(23)24-18(28(33)36)12-17-16(27(24)32)9-10-20(17)35/h2-4,6-7,12-14,20,22,34-35H,5,8-11H2,1H3,(H2,33,36)/t14-,20?,22-,29-/m0/s1. The molecule has 0 radical (unpaired) electrons. The van der Waals surface area contributed by atoms with Crippen LogP contribution in [0.15, 0.2) is 42.5 Å². The van der Waals surface area contributed by atoms with Crippen LogP contribution >= 0.6 is 11.6 Å². The Kier molecular flexibility index (Phi) is 5.78. The second-order valence-corrected chi connectivity index (χ2v) is 10.6. The average Bonchev–Trinajstić information content (AvgIpc) is 3.61. The molecule has 1 aliphatic carbocycles. The van der Waals surface area contributed by atoms with Crippen molar-refractivity contribution in [2.75, 3.05) is 6.54 Å². The molecule has 3 aliphatic rings. The molecule has 4 atom stereocenters. The van der Waals surface area contributed by atoms with E-state index in [0.29, 0.717) is 23.1 Å². The number of rotatable bonds is 4. The van der Waals surface area contributed by atoms with Gasteiger partial charge in [-0.3, -0.25) is 4.79 Å². The van der Waals surface area contributed by atoms with Gasteiger partial charge in [0.25, 0.3) is 0 Å². The highest BCUT2D eigenvalue weighted by molar-refractivity contribution is 6.34. The summed E-state index contributed by atoms with van der Waals surface area (Å²) in [6, 6.07) is 12.3. The molecule has 2 aliphatic heterocycles. The molecule has 4 N–H and O–H groups in total. The van der Waals surface area contributed by atoms with Crippen LogP contribution in [0.1, 0.15) is 70.8 Å². The number of ether oxygens (including phenoxy) is 1. The van der Waals surface area contributed by atoms with Gasteiger partial charge in [0, 0.05) is 28.7 Å². The number of carbonyl (C=O) groups is 1. The lowest BCUT2D eigenvalue weighted by Gasteiger charge is -2.39. The van der Waals surface area contributed by atoms with E-state index in [2.05, 4.69) is 5.32 Å². The van der Waals surface area contributed by atoms with Crippen LogP contribution in [-0.2, 0) is 12.0 Å². The molecular weight excluding hydrogens is 498 g/mol. The van der Waals surface area contributed by atoms with E-state index in [1.54, 1.807) is 0 Å². The fourth-order valence-corrected chi connectivity index (χ4v) is 6.88. The number of fused-ring (bicyclic) bond motifs is 2. The van der Waals surface area contributed by atoms with Gasteiger partial charge in [0.05, 0.1) is 22.7 Å². The molecule has 1 saturated heterocycles. The molecule has 3 aromatic rings. The van der Waals surface area contributed by atoms with Crippen molar-refractivity contribution in [1.29, 1.82) is 0 Å². The molecule has 3 aromatic carbocycles. The minimum Gasteiger partial charge on any atom is -0.480 e. The SMILES string of the molecule is C[C@H]1c2c(cc(F)c(Cl)c2-c2c(C(N)=O)cc3c(c2F)CCC3O)O[C@@]1(c1ccccc1)[C@@H]1CCCN1.